The van der Waals surface area contributed by atoms with Crippen LogP contribution in [0.3, 0.4) is 0 Å². The van der Waals surface area contributed by atoms with Crippen molar-refractivity contribution < 1.29 is 13.2 Å². The molecule has 0 bridgehead atoms. The van der Waals surface area contributed by atoms with Crippen molar-refractivity contribution in [2.24, 2.45) is 0 Å². The predicted octanol–water partition coefficient (Wildman–Crippen LogP) is 2.79. The van der Waals surface area contributed by atoms with Crippen molar-refractivity contribution in [2.45, 2.75) is 11.3 Å². The van der Waals surface area contributed by atoms with Crippen LogP contribution in [0, 0.1) is 0 Å². The molecule has 0 aliphatic carbocycles. The lowest BCUT2D eigenvalue weighted by atomic mass is 10.1. The fourth-order valence-corrected chi connectivity index (χ4v) is 3.55. The normalized spacial score (nSPS) is 11.2. The molecule has 6 nitrogen and oxygen atoms in total. The number of thiazole rings is 1. The summed E-state index contributed by atoms with van der Waals surface area (Å²) in [6.07, 6.45) is 4.69. The number of amides is 1. The highest BCUT2D eigenvalue weighted by atomic mass is 32.2. The lowest BCUT2D eigenvalue weighted by Gasteiger charge is -2.03. The minimum Gasteiger partial charge on any atom is -0.302 e. The maximum Gasteiger partial charge on any atom is 0.230 e. The highest BCUT2D eigenvalue weighted by molar-refractivity contribution is 7.90. The Morgan fingerprint density at radius 3 is 2.60 bits per heavy atom. The van der Waals surface area contributed by atoms with Crippen LogP contribution in [0.15, 0.2) is 59.1 Å². The third kappa shape index (κ3) is 4.49. The fourth-order valence-electron chi connectivity index (χ4n) is 2.18. The number of carbonyl (C=O) groups excluding carboxylic acids is 1. The van der Waals surface area contributed by atoms with E-state index < -0.39 is 9.84 Å². The molecule has 1 N–H and O–H groups in total. The van der Waals surface area contributed by atoms with E-state index in [2.05, 4.69) is 15.3 Å². The summed E-state index contributed by atoms with van der Waals surface area (Å²) < 4.78 is 22.9. The van der Waals surface area contributed by atoms with Crippen molar-refractivity contribution in [1.82, 2.24) is 9.97 Å². The minimum absolute atomic E-state index is 0.145. The van der Waals surface area contributed by atoms with E-state index in [1.54, 1.807) is 24.5 Å². The van der Waals surface area contributed by atoms with Gasteiger partial charge in [0.15, 0.2) is 15.0 Å². The second-order valence-corrected chi connectivity index (χ2v) is 8.29. The number of benzene rings is 1. The molecule has 0 atom stereocenters. The summed E-state index contributed by atoms with van der Waals surface area (Å²) in [7, 11) is -3.23. The zero-order valence-electron chi connectivity index (χ0n) is 13.3. The standard InChI is InChI=1S/C17H15N3O3S2/c1-25(22,23)14-6-4-12(5-7-14)9-16(21)20-17-19-15(11-24-17)13-3-2-8-18-10-13/h2-8,10-11H,9H2,1H3,(H,19,20,21). The molecule has 0 aliphatic rings. The van der Waals surface area contributed by atoms with Crippen molar-refractivity contribution in [2.75, 3.05) is 11.6 Å². The predicted molar refractivity (Wildman–Crippen MR) is 97.2 cm³/mol. The first-order valence-electron chi connectivity index (χ1n) is 7.36. The topological polar surface area (TPSA) is 89.0 Å². The molecule has 1 amide bonds. The zero-order chi connectivity index (χ0) is 17.9. The second-order valence-electron chi connectivity index (χ2n) is 5.42. The van der Waals surface area contributed by atoms with Gasteiger partial charge in [-0.3, -0.25) is 9.78 Å². The summed E-state index contributed by atoms with van der Waals surface area (Å²) in [5.41, 5.74) is 2.37. The van der Waals surface area contributed by atoms with Gasteiger partial charge >= 0.3 is 0 Å². The first-order chi connectivity index (χ1) is 11.9. The van der Waals surface area contributed by atoms with Gasteiger partial charge in [0.2, 0.25) is 5.91 Å². The smallest absolute Gasteiger partial charge is 0.230 e. The van der Waals surface area contributed by atoms with E-state index in [0.717, 1.165) is 23.1 Å². The SMILES string of the molecule is CS(=O)(=O)c1ccc(CC(=O)Nc2nc(-c3cccnc3)cs2)cc1. The Balaban J connectivity index is 1.64. The molecule has 2 heterocycles. The van der Waals surface area contributed by atoms with Crippen molar-refractivity contribution in [3.8, 4) is 11.3 Å². The monoisotopic (exact) mass is 373 g/mol. The number of carbonyl (C=O) groups is 1. The molecule has 0 aliphatic heterocycles. The quantitative estimate of drug-likeness (QED) is 0.743. The molecule has 3 aromatic rings. The first-order valence-corrected chi connectivity index (χ1v) is 10.1. The van der Waals surface area contributed by atoms with Crippen molar-refractivity contribution in [3.63, 3.8) is 0 Å². The molecule has 0 spiro atoms. The molecule has 2 aromatic heterocycles. The third-order valence-corrected chi connectivity index (χ3v) is 5.31. The van der Waals surface area contributed by atoms with Crippen LogP contribution < -0.4 is 5.32 Å². The average Bonchev–Trinajstić information content (AvgIpc) is 3.03. The summed E-state index contributed by atoms with van der Waals surface area (Å²) in [4.78, 5) is 20.8. The van der Waals surface area contributed by atoms with Gasteiger partial charge in [0, 0.05) is 29.6 Å². The van der Waals surface area contributed by atoms with Crippen LogP contribution in [-0.2, 0) is 21.1 Å². The lowest BCUT2D eigenvalue weighted by molar-refractivity contribution is -0.115. The summed E-state index contributed by atoms with van der Waals surface area (Å²) in [6, 6.07) is 10.0. The number of pyridine rings is 1. The molecule has 1 aromatic carbocycles. The van der Waals surface area contributed by atoms with E-state index in [0.29, 0.717) is 5.13 Å². The molecule has 3 rings (SSSR count). The Bertz CT molecular complexity index is 981. The maximum atomic E-state index is 12.1. The van der Waals surface area contributed by atoms with E-state index in [9.17, 15) is 13.2 Å². The highest BCUT2D eigenvalue weighted by Gasteiger charge is 2.10. The van der Waals surface area contributed by atoms with Gasteiger partial charge in [-0.1, -0.05) is 12.1 Å². The summed E-state index contributed by atoms with van der Waals surface area (Å²) in [6.45, 7) is 0. The van der Waals surface area contributed by atoms with Gasteiger partial charge in [0.25, 0.3) is 0 Å². The van der Waals surface area contributed by atoms with Gasteiger partial charge < -0.3 is 5.32 Å². The van der Waals surface area contributed by atoms with Gasteiger partial charge in [-0.25, -0.2) is 13.4 Å². The number of hydrogen-bond donors (Lipinski definition) is 1. The van der Waals surface area contributed by atoms with Crippen molar-refractivity contribution in [1.29, 1.82) is 0 Å². The van der Waals surface area contributed by atoms with E-state index in [1.807, 2.05) is 17.5 Å². The van der Waals surface area contributed by atoms with Crippen LogP contribution in [0.4, 0.5) is 5.13 Å². The van der Waals surface area contributed by atoms with Crippen LogP contribution in [0.1, 0.15) is 5.56 Å². The van der Waals surface area contributed by atoms with Crippen LogP contribution in [-0.4, -0.2) is 30.5 Å². The average molecular weight is 373 g/mol. The van der Waals surface area contributed by atoms with Gasteiger partial charge in [-0.15, -0.1) is 11.3 Å². The molecule has 0 radical (unpaired) electrons. The van der Waals surface area contributed by atoms with Crippen LogP contribution in [0.5, 0.6) is 0 Å². The summed E-state index contributed by atoms with van der Waals surface area (Å²) in [5, 5.41) is 5.12. The minimum atomic E-state index is -3.23. The number of nitrogens with zero attached hydrogens (tertiary/aromatic N) is 2. The first kappa shape index (κ1) is 17.2. The Hall–Kier alpha value is -2.58. The highest BCUT2D eigenvalue weighted by Crippen LogP contribution is 2.24. The van der Waals surface area contributed by atoms with Gasteiger partial charge in [-0.05, 0) is 29.8 Å². The molecule has 0 saturated carbocycles. The van der Waals surface area contributed by atoms with Gasteiger partial charge in [0.05, 0.1) is 17.0 Å². The van der Waals surface area contributed by atoms with Crippen molar-refractivity contribution >= 4 is 32.2 Å². The second kappa shape index (κ2) is 7.12. The zero-order valence-corrected chi connectivity index (χ0v) is 15.0. The van der Waals surface area contributed by atoms with E-state index in [-0.39, 0.29) is 17.2 Å². The van der Waals surface area contributed by atoms with E-state index in [1.165, 1.54) is 23.5 Å². The summed E-state index contributed by atoms with van der Waals surface area (Å²) >= 11 is 1.34. The number of rotatable bonds is 5. The van der Waals surface area contributed by atoms with E-state index >= 15 is 0 Å². The Morgan fingerprint density at radius 1 is 1.20 bits per heavy atom. The number of nitrogens with one attached hydrogen (secondary N) is 1. The number of sulfone groups is 1. The van der Waals surface area contributed by atoms with Crippen LogP contribution in [0.25, 0.3) is 11.3 Å². The van der Waals surface area contributed by atoms with Gasteiger partial charge in [-0.2, -0.15) is 0 Å². The third-order valence-electron chi connectivity index (χ3n) is 3.42. The van der Waals surface area contributed by atoms with Crippen LogP contribution in [0.2, 0.25) is 0 Å². The molecule has 128 valence electrons. The molecule has 25 heavy (non-hydrogen) atoms. The molecule has 8 heteroatoms. The molecular formula is C17H15N3O3S2. The van der Waals surface area contributed by atoms with Crippen molar-refractivity contribution in [3.05, 3.63) is 59.7 Å². The number of hydrogen-bond acceptors (Lipinski definition) is 6. The van der Waals surface area contributed by atoms with Gasteiger partial charge in [0.1, 0.15) is 0 Å². The molecule has 0 unspecified atom stereocenters. The molecule has 0 fully saturated rings. The summed E-state index contributed by atoms with van der Waals surface area (Å²) in [5.74, 6) is -0.209. The number of anilines is 1. The largest absolute Gasteiger partial charge is 0.302 e. The maximum absolute atomic E-state index is 12.1. The van der Waals surface area contributed by atoms with Crippen LogP contribution >= 0.6 is 11.3 Å². The lowest BCUT2D eigenvalue weighted by Crippen LogP contribution is -2.14. The Kier molecular flexibility index (Phi) is 4.91. The number of aromatic nitrogens is 2. The molecular weight excluding hydrogens is 358 g/mol. The molecule has 0 saturated heterocycles. The fraction of sp³-hybridized carbons (Fsp3) is 0.118. The van der Waals surface area contributed by atoms with E-state index in [4.69, 9.17) is 0 Å². The Morgan fingerprint density at radius 2 is 1.96 bits per heavy atom. The Labute approximate surface area is 149 Å².